The third-order valence-electron chi connectivity index (χ3n) is 2.86. The normalized spacial score (nSPS) is 23.6. The Morgan fingerprint density at radius 1 is 1.53 bits per heavy atom. The van der Waals surface area contributed by atoms with Crippen LogP contribution in [0.2, 0.25) is 0 Å². The maximum Gasteiger partial charge on any atom is 0.153 e. The minimum Gasteiger partial charge on any atom is -0.489 e. The van der Waals surface area contributed by atoms with Crippen molar-refractivity contribution >= 4 is 22.2 Å². The fourth-order valence-corrected chi connectivity index (χ4v) is 2.45. The Kier molecular flexibility index (Phi) is 4.18. The van der Waals surface area contributed by atoms with Gasteiger partial charge in [0, 0.05) is 0 Å². The molecule has 1 aromatic rings. The molecule has 0 N–H and O–H groups in total. The van der Waals surface area contributed by atoms with Crippen molar-refractivity contribution in [1.82, 2.24) is 0 Å². The molecule has 0 radical (unpaired) electrons. The summed E-state index contributed by atoms with van der Waals surface area (Å²) < 4.78 is 12.2. The highest BCUT2D eigenvalue weighted by Gasteiger charge is 2.22. The van der Waals surface area contributed by atoms with Gasteiger partial charge in [-0.2, -0.15) is 0 Å². The van der Waals surface area contributed by atoms with Gasteiger partial charge < -0.3 is 9.47 Å². The molecular weight excluding hydrogens is 284 g/mol. The first kappa shape index (κ1) is 12.6. The van der Waals surface area contributed by atoms with Crippen LogP contribution in [0, 0.1) is 0 Å². The molecular formula is C13H15BrO3. The monoisotopic (exact) mass is 298 g/mol. The summed E-state index contributed by atoms with van der Waals surface area (Å²) in [5, 5.41) is 0. The SMILES string of the molecule is CC1CCC(COc2c(Br)cccc2C=O)O1. The zero-order valence-corrected chi connectivity index (χ0v) is 11.3. The van der Waals surface area contributed by atoms with Gasteiger partial charge in [0.05, 0.1) is 22.2 Å². The molecule has 0 amide bonds. The summed E-state index contributed by atoms with van der Waals surface area (Å²) in [6.07, 6.45) is 3.34. The van der Waals surface area contributed by atoms with E-state index in [1.807, 2.05) is 12.1 Å². The first-order valence-corrected chi connectivity index (χ1v) is 6.52. The van der Waals surface area contributed by atoms with Crippen LogP contribution < -0.4 is 4.74 Å². The summed E-state index contributed by atoms with van der Waals surface area (Å²) >= 11 is 3.38. The van der Waals surface area contributed by atoms with Crippen LogP contribution in [0.25, 0.3) is 0 Å². The molecule has 1 aliphatic heterocycles. The highest BCUT2D eigenvalue weighted by Crippen LogP contribution is 2.29. The van der Waals surface area contributed by atoms with Crippen molar-refractivity contribution < 1.29 is 14.3 Å². The van der Waals surface area contributed by atoms with E-state index >= 15 is 0 Å². The van der Waals surface area contributed by atoms with E-state index in [-0.39, 0.29) is 6.10 Å². The van der Waals surface area contributed by atoms with Crippen molar-refractivity contribution in [2.75, 3.05) is 6.61 Å². The number of carbonyl (C=O) groups is 1. The molecule has 17 heavy (non-hydrogen) atoms. The van der Waals surface area contributed by atoms with Crippen molar-refractivity contribution in [3.8, 4) is 5.75 Å². The number of para-hydroxylation sites is 1. The standard InChI is InChI=1S/C13H15BrO3/c1-9-5-6-11(17-9)8-16-13-10(7-15)3-2-4-12(13)14/h2-4,7,9,11H,5-6,8H2,1H3. The average Bonchev–Trinajstić information content (AvgIpc) is 2.73. The molecule has 3 nitrogen and oxygen atoms in total. The lowest BCUT2D eigenvalue weighted by Gasteiger charge is -2.14. The van der Waals surface area contributed by atoms with Gasteiger partial charge >= 0.3 is 0 Å². The molecule has 2 atom stereocenters. The molecule has 1 heterocycles. The largest absolute Gasteiger partial charge is 0.489 e. The zero-order chi connectivity index (χ0) is 12.3. The molecule has 2 rings (SSSR count). The molecule has 1 aliphatic rings. The molecule has 92 valence electrons. The van der Waals surface area contributed by atoms with Gasteiger partial charge in [0.25, 0.3) is 0 Å². The van der Waals surface area contributed by atoms with Crippen LogP contribution in [0.4, 0.5) is 0 Å². The number of carbonyl (C=O) groups excluding carboxylic acids is 1. The number of ether oxygens (including phenoxy) is 2. The van der Waals surface area contributed by atoms with Gasteiger partial charge in [0.2, 0.25) is 0 Å². The average molecular weight is 299 g/mol. The maximum absolute atomic E-state index is 10.9. The lowest BCUT2D eigenvalue weighted by molar-refractivity contribution is 0.0261. The topological polar surface area (TPSA) is 35.5 Å². The Morgan fingerprint density at radius 2 is 2.35 bits per heavy atom. The van der Waals surface area contributed by atoms with Gasteiger partial charge in [-0.25, -0.2) is 0 Å². The summed E-state index contributed by atoms with van der Waals surface area (Å²) in [6.45, 7) is 2.56. The maximum atomic E-state index is 10.9. The molecule has 2 unspecified atom stereocenters. The second kappa shape index (κ2) is 5.65. The van der Waals surface area contributed by atoms with Gasteiger partial charge in [-0.15, -0.1) is 0 Å². The molecule has 0 aliphatic carbocycles. The third-order valence-corrected chi connectivity index (χ3v) is 3.48. The Morgan fingerprint density at radius 3 is 3.00 bits per heavy atom. The van der Waals surface area contributed by atoms with E-state index in [1.54, 1.807) is 6.07 Å². The van der Waals surface area contributed by atoms with Crippen molar-refractivity contribution in [3.63, 3.8) is 0 Å². The Labute approximate surface area is 109 Å². The number of rotatable bonds is 4. The molecule has 0 spiro atoms. The van der Waals surface area contributed by atoms with Crippen LogP contribution >= 0.6 is 15.9 Å². The third kappa shape index (κ3) is 3.07. The van der Waals surface area contributed by atoms with E-state index in [2.05, 4.69) is 22.9 Å². The number of benzene rings is 1. The first-order chi connectivity index (χ1) is 8.20. The number of halogens is 1. The van der Waals surface area contributed by atoms with E-state index in [0.29, 0.717) is 24.0 Å². The molecule has 4 heteroatoms. The van der Waals surface area contributed by atoms with Crippen LogP contribution in [0.3, 0.4) is 0 Å². The van der Waals surface area contributed by atoms with Gasteiger partial charge in [-0.05, 0) is 47.8 Å². The molecule has 1 saturated heterocycles. The molecule has 1 aromatic carbocycles. The number of hydrogen-bond donors (Lipinski definition) is 0. The Bertz CT molecular complexity index is 406. The highest BCUT2D eigenvalue weighted by molar-refractivity contribution is 9.10. The van der Waals surface area contributed by atoms with E-state index in [1.165, 1.54) is 0 Å². The summed E-state index contributed by atoms with van der Waals surface area (Å²) in [6, 6.07) is 5.42. The quantitative estimate of drug-likeness (QED) is 0.801. The second-order valence-corrected chi connectivity index (χ2v) is 5.09. The van der Waals surface area contributed by atoms with Gasteiger partial charge in [-0.1, -0.05) is 6.07 Å². The Balaban J connectivity index is 2.01. The Hall–Kier alpha value is -0.870. The smallest absolute Gasteiger partial charge is 0.153 e. The zero-order valence-electron chi connectivity index (χ0n) is 9.69. The number of aldehydes is 1. The lowest BCUT2D eigenvalue weighted by atomic mass is 10.2. The molecule has 0 bridgehead atoms. The highest BCUT2D eigenvalue weighted by atomic mass is 79.9. The fourth-order valence-electron chi connectivity index (χ4n) is 1.95. The van der Waals surface area contributed by atoms with Crippen LogP contribution in [0.5, 0.6) is 5.75 Å². The number of hydrogen-bond acceptors (Lipinski definition) is 3. The summed E-state index contributed by atoms with van der Waals surface area (Å²) in [7, 11) is 0. The summed E-state index contributed by atoms with van der Waals surface area (Å²) in [4.78, 5) is 10.9. The van der Waals surface area contributed by atoms with Crippen LogP contribution in [0.15, 0.2) is 22.7 Å². The van der Waals surface area contributed by atoms with Crippen molar-refractivity contribution in [2.24, 2.45) is 0 Å². The van der Waals surface area contributed by atoms with Crippen molar-refractivity contribution in [2.45, 2.75) is 32.0 Å². The fraction of sp³-hybridized carbons (Fsp3) is 0.462. The van der Waals surface area contributed by atoms with Crippen molar-refractivity contribution in [3.05, 3.63) is 28.2 Å². The van der Waals surface area contributed by atoms with E-state index < -0.39 is 0 Å². The van der Waals surface area contributed by atoms with Gasteiger partial charge in [0.1, 0.15) is 12.4 Å². The predicted octanol–water partition coefficient (Wildman–Crippen LogP) is 3.21. The van der Waals surface area contributed by atoms with E-state index in [0.717, 1.165) is 23.6 Å². The second-order valence-electron chi connectivity index (χ2n) is 4.23. The molecule has 1 fully saturated rings. The van der Waals surface area contributed by atoms with Crippen LogP contribution in [0.1, 0.15) is 30.1 Å². The summed E-state index contributed by atoms with van der Waals surface area (Å²) in [5.41, 5.74) is 0.561. The van der Waals surface area contributed by atoms with Crippen molar-refractivity contribution in [1.29, 1.82) is 0 Å². The van der Waals surface area contributed by atoms with E-state index in [9.17, 15) is 4.79 Å². The minimum atomic E-state index is 0.136. The predicted molar refractivity (Wildman–Crippen MR) is 68.6 cm³/mol. The van der Waals surface area contributed by atoms with Crippen LogP contribution in [-0.2, 0) is 4.74 Å². The van der Waals surface area contributed by atoms with E-state index in [4.69, 9.17) is 9.47 Å². The molecule has 0 aromatic heterocycles. The molecule has 0 saturated carbocycles. The van der Waals surface area contributed by atoms with Gasteiger partial charge in [-0.3, -0.25) is 4.79 Å². The first-order valence-electron chi connectivity index (χ1n) is 5.72. The minimum absolute atomic E-state index is 0.136. The summed E-state index contributed by atoms with van der Waals surface area (Å²) in [5.74, 6) is 0.602. The lowest BCUT2D eigenvalue weighted by Crippen LogP contribution is -2.18. The van der Waals surface area contributed by atoms with Gasteiger partial charge in [0.15, 0.2) is 6.29 Å². The van der Waals surface area contributed by atoms with Crippen LogP contribution in [-0.4, -0.2) is 25.1 Å².